The molecule has 1 aromatic carbocycles. The van der Waals surface area contributed by atoms with E-state index in [2.05, 4.69) is 15.9 Å². The molecule has 0 atom stereocenters. The number of hydrogen-bond acceptors (Lipinski definition) is 4. The smallest absolute Gasteiger partial charge is 0.175 e. The van der Waals surface area contributed by atoms with Crippen molar-refractivity contribution in [1.82, 2.24) is 5.48 Å². The topological polar surface area (TPSA) is 50.7 Å². The van der Waals surface area contributed by atoms with Crippen LogP contribution in [0, 0.1) is 5.82 Å². The maximum absolute atomic E-state index is 13.5. The molecule has 0 aliphatic carbocycles. The number of benzene rings is 1. The third-order valence-corrected chi connectivity index (χ3v) is 2.49. The van der Waals surface area contributed by atoms with Crippen molar-refractivity contribution in [3.8, 4) is 11.5 Å². The van der Waals surface area contributed by atoms with Crippen LogP contribution >= 0.6 is 15.9 Å². The van der Waals surface area contributed by atoms with Gasteiger partial charge in [-0.3, -0.25) is 0 Å². The molecule has 84 valence electrons. The number of methoxy groups -OCH3 is 2. The Morgan fingerprint density at radius 2 is 2.00 bits per heavy atom. The van der Waals surface area contributed by atoms with Crippen LogP contribution in [0.5, 0.6) is 11.5 Å². The molecule has 0 unspecified atom stereocenters. The molecule has 0 fully saturated rings. The highest BCUT2D eigenvalue weighted by Crippen LogP contribution is 2.39. The van der Waals surface area contributed by atoms with Gasteiger partial charge in [-0.1, -0.05) is 0 Å². The Morgan fingerprint density at radius 3 is 2.47 bits per heavy atom. The fourth-order valence-corrected chi connectivity index (χ4v) is 1.81. The van der Waals surface area contributed by atoms with Gasteiger partial charge in [-0.2, -0.15) is 0 Å². The zero-order chi connectivity index (χ0) is 11.4. The summed E-state index contributed by atoms with van der Waals surface area (Å²) >= 11 is 3.16. The number of hydrogen-bond donors (Lipinski definition) is 2. The van der Waals surface area contributed by atoms with E-state index < -0.39 is 5.82 Å². The second-order valence-electron chi connectivity index (χ2n) is 2.72. The summed E-state index contributed by atoms with van der Waals surface area (Å²) in [5.74, 6) is 0.163. The number of ether oxygens (including phenoxy) is 2. The summed E-state index contributed by atoms with van der Waals surface area (Å²) in [5.41, 5.74) is 2.09. The predicted octanol–water partition coefficient (Wildman–Crippen LogP) is 2.08. The van der Waals surface area contributed by atoms with Gasteiger partial charge in [0.1, 0.15) is 5.82 Å². The highest BCUT2D eigenvalue weighted by molar-refractivity contribution is 9.10. The molecular formula is C9H11BrFNO3. The normalized spacial score (nSPS) is 10.2. The number of nitrogens with one attached hydrogen (secondary N) is 1. The largest absolute Gasteiger partial charge is 0.492 e. The molecule has 4 nitrogen and oxygen atoms in total. The molecule has 0 saturated carbocycles. The number of hydroxylamine groups is 1. The van der Waals surface area contributed by atoms with E-state index in [-0.39, 0.29) is 17.9 Å². The standard InChI is InChI=1S/C9H11BrFNO3/c1-14-8-5(4-12-13)7(11)3-6(10)9(8)15-2/h3,12-13H,4H2,1-2H3. The quantitative estimate of drug-likeness (QED) is 0.829. The van der Waals surface area contributed by atoms with Crippen molar-refractivity contribution in [3.05, 3.63) is 21.9 Å². The lowest BCUT2D eigenvalue weighted by Gasteiger charge is -2.14. The Labute approximate surface area is 95.1 Å². The van der Waals surface area contributed by atoms with Gasteiger partial charge in [0.15, 0.2) is 11.5 Å². The third-order valence-electron chi connectivity index (χ3n) is 1.90. The lowest BCUT2D eigenvalue weighted by Crippen LogP contribution is -2.10. The molecule has 1 aromatic rings. The zero-order valence-corrected chi connectivity index (χ0v) is 9.89. The van der Waals surface area contributed by atoms with Crippen LogP contribution in [-0.2, 0) is 6.54 Å². The minimum absolute atomic E-state index is 0.0569. The molecule has 2 N–H and O–H groups in total. The maximum atomic E-state index is 13.5. The van der Waals surface area contributed by atoms with E-state index in [0.717, 1.165) is 0 Å². The van der Waals surface area contributed by atoms with Gasteiger partial charge < -0.3 is 14.7 Å². The Balaban J connectivity index is 3.35. The van der Waals surface area contributed by atoms with E-state index in [4.69, 9.17) is 14.7 Å². The van der Waals surface area contributed by atoms with Crippen molar-refractivity contribution < 1.29 is 19.1 Å². The van der Waals surface area contributed by atoms with E-state index in [9.17, 15) is 4.39 Å². The molecule has 0 spiro atoms. The Bertz CT molecular complexity index is 360. The highest BCUT2D eigenvalue weighted by Gasteiger charge is 2.18. The average molecular weight is 280 g/mol. The summed E-state index contributed by atoms with van der Waals surface area (Å²) in [7, 11) is 2.86. The average Bonchev–Trinajstić information content (AvgIpc) is 2.21. The Kier molecular flexibility index (Phi) is 4.31. The molecular weight excluding hydrogens is 269 g/mol. The van der Waals surface area contributed by atoms with E-state index in [1.54, 1.807) is 0 Å². The predicted molar refractivity (Wildman–Crippen MR) is 55.8 cm³/mol. The summed E-state index contributed by atoms with van der Waals surface area (Å²) in [5, 5.41) is 8.57. The van der Waals surface area contributed by atoms with Crippen molar-refractivity contribution in [1.29, 1.82) is 0 Å². The lowest BCUT2D eigenvalue weighted by atomic mass is 10.1. The van der Waals surface area contributed by atoms with Gasteiger partial charge in [0.25, 0.3) is 0 Å². The van der Waals surface area contributed by atoms with Crippen molar-refractivity contribution >= 4 is 15.9 Å². The lowest BCUT2D eigenvalue weighted by molar-refractivity contribution is 0.158. The molecule has 0 aliphatic heterocycles. The van der Waals surface area contributed by atoms with Gasteiger partial charge in [-0.25, -0.2) is 9.87 Å². The van der Waals surface area contributed by atoms with Crippen molar-refractivity contribution in [3.63, 3.8) is 0 Å². The first kappa shape index (κ1) is 12.2. The summed E-state index contributed by atoms with van der Waals surface area (Å²) < 4.78 is 24.0. The molecule has 0 bridgehead atoms. The Morgan fingerprint density at radius 1 is 1.40 bits per heavy atom. The van der Waals surface area contributed by atoms with E-state index in [1.807, 2.05) is 5.48 Å². The summed E-state index contributed by atoms with van der Waals surface area (Å²) in [6.07, 6.45) is 0. The van der Waals surface area contributed by atoms with E-state index >= 15 is 0 Å². The fraction of sp³-hybridized carbons (Fsp3) is 0.333. The van der Waals surface area contributed by atoms with Crippen LogP contribution in [0.4, 0.5) is 4.39 Å². The first-order chi connectivity index (χ1) is 7.15. The van der Waals surface area contributed by atoms with Crippen LogP contribution in [-0.4, -0.2) is 19.4 Å². The van der Waals surface area contributed by atoms with Crippen LogP contribution in [0.2, 0.25) is 0 Å². The van der Waals surface area contributed by atoms with E-state index in [0.29, 0.717) is 10.2 Å². The number of halogens is 2. The Hall–Kier alpha value is -0.850. The number of rotatable bonds is 4. The highest BCUT2D eigenvalue weighted by atomic mass is 79.9. The van der Waals surface area contributed by atoms with Gasteiger partial charge in [0, 0.05) is 5.56 Å². The van der Waals surface area contributed by atoms with Crippen molar-refractivity contribution in [2.45, 2.75) is 6.54 Å². The van der Waals surface area contributed by atoms with Crippen molar-refractivity contribution in [2.24, 2.45) is 0 Å². The second-order valence-corrected chi connectivity index (χ2v) is 3.57. The van der Waals surface area contributed by atoms with Crippen LogP contribution < -0.4 is 15.0 Å². The van der Waals surface area contributed by atoms with Gasteiger partial charge >= 0.3 is 0 Å². The van der Waals surface area contributed by atoms with Gasteiger partial charge in [0.05, 0.1) is 25.2 Å². The molecule has 1 rings (SSSR count). The summed E-state index contributed by atoms with van der Waals surface area (Å²) in [6.45, 7) is -0.0569. The summed E-state index contributed by atoms with van der Waals surface area (Å²) in [4.78, 5) is 0. The van der Waals surface area contributed by atoms with Crippen molar-refractivity contribution in [2.75, 3.05) is 14.2 Å². The molecule has 6 heteroatoms. The third kappa shape index (κ3) is 2.39. The molecule has 0 radical (unpaired) electrons. The van der Waals surface area contributed by atoms with Crippen LogP contribution in [0.1, 0.15) is 5.56 Å². The SMILES string of the molecule is COc1c(Br)cc(F)c(CNO)c1OC. The van der Waals surface area contributed by atoms with Crippen LogP contribution in [0.25, 0.3) is 0 Å². The monoisotopic (exact) mass is 279 g/mol. The van der Waals surface area contributed by atoms with Gasteiger partial charge in [-0.15, -0.1) is 0 Å². The first-order valence-corrected chi connectivity index (χ1v) is 4.90. The summed E-state index contributed by atoms with van der Waals surface area (Å²) in [6, 6.07) is 1.26. The molecule has 15 heavy (non-hydrogen) atoms. The minimum Gasteiger partial charge on any atom is -0.492 e. The second kappa shape index (κ2) is 5.29. The molecule has 0 aromatic heterocycles. The maximum Gasteiger partial charge on any atom is 0.175 e. The molecule has 0 aliphatic rings. The minimum atomic E-state index is -0.485. The fourth-order valence-electron chi connectivity index (χ4n) is 1.27. The van der Waals surface area contributed by atoms with Gasteiger partial charge in [0.2, 0.25) is 0 Å². The van der Waals surface area contributed by atoms with Crippen LogP contribution in [0.3, 0.4) is 0 Å². The molecule has 0 heterocycles. The van der Waals surface area contributed by atoms with E-state index in [1.165, 1.54) is 20.3 Å². The molecule has 0 saturated heterocycles. The van der Waals surface area contributed by atoms with Crippen LogP contribution in [0.15, 0.2) is 10.5 Å². The molecule has 0 amide bonds. The first-order valence-electron chi connectivity index (χ1n) is 4.11. The van der Waals surface area contributed by atoms with Gasteiger partial charge in [-0.05, 0) is 22.0 Å². The zero-order valence-electron chi connectivity index (χ0n) is 8.30.